The molecule has 0 saturated heterocycles. The molecule has 1 aromatic rings. The summed E-state index contributed by atoms with van der Waals surface area (Å²) in [5.74, 6) is -0.0838. The number of carbonyl (C=O) groups excluding carboxylic acids is 1. The van der Waals surface area contributed by atoms with E-state index in [0.29, 0.717) is 15.6 Å². The zero-order chi connectivity index (χ0) is 13.9. The van der Waals surface area contributed by atoms with E-state index in [1.54, 1.807) is 32.2 Å². The second-order valence-corrected chi connectivity index (χ2v) is 5.21. The maximum absolute atomic E-state index is 12.3. The Morgan fingerprint density at radius 1 is 1.39 bits per heavy atom. The third-order valence-electron chi connectivity index (χ3n) is 3.15. The smallest absolute Gasteiger partial charge is 0.181 e. The minimum absolute atomic E-state index is 0.00245. The molecule has 1 aromatic carbocycles. The molecule has 3 nitrogen and oxygen atoms in total. The van der Waals surface area contributed by atoms with E-state index >= 15 is 0 Å². The van der Waals surface area contributed by atoms with Crippen molar-refractivity contribution in [1.82, 2.24) is 4.90 Å². The molecule has 0 fully saturated rings. The molecule has 1 N–H and O–H groups in total. The highest BCUT2D eigenvalue weighted by Crippen LogP contribution is 2.23. The molecule has 0 aliphatic carbocycles. The number of ketones is 1. The first-order chi connectivity index (χ1) is 8.38. The van der Waals surface area contributed by atoms with E-state index in [-0.39, 0.29) is 24.5 Å². The van der Waals surface area contributed by atoms with Gasteiger partial charge in [0, 0.05) is 16.6 Å². The van der Waals surface area contributed by atoms with Crippen molar-refractivity contribution in [1.29, 1.82) is 0 Å². The number of likely N-dealkylation sites (N-methyl/N-ethyl adjacent to an activating group) is 1. The summed E-state index contributed by atoms with van der Waals surface area (Å²) in [6.45, 7) is 3.65. The molecule has 0 spiro atoms. The first-order valence-electron chi connectivity index (χ1n) is 5.70. The third kappa shape index (κ3) is 3.45. The third-order valence-corrected chi connectivity index (χ3v) is 3.69. The predicted octanol–water partition coefficient (Wildman–Crippen LogP) is 2.88. The molecule has 0 aliphatic heterocycles. The van der Waals surface area contributed by atoms with E-state index in [9.17, 15) is 4.79 Å². The zero-order valence-electron chi connectivity index (χ0n) is 10.7. The van der Waals surface area contributed by atoms with Crippen LogP contribution in [0.15, 0.2) is 18.2 Å². The molecule has 2 unspecified atom stereocenters. The topological polar surface area (TPSA) is 40.5 Å². The highest BCUT2D eigenvalue weighted by Gasteiger charge is 2.24. The molecule has 18 heavy (non-hydrogen) atoms. The van der Waals surface area contributed by atoms with E-state index in [2.05, 4.69) is 0 Å². The highest BCUT2D eigenvalue weighted by atomic mass is 35.5. The number of benzene rings is 1. The Kier molecular flexibility index (Phi) is 5.60. The molecular weight excluding hydrogens is 273 g/mol. The second kappa shape index (κ2) is 6.53. The lowest BCUT2D eigenvalue weighted by Crippen LogP contribution is -2.43. The maximum atomic E-state index is 12.3. The molecule has 0 bridgehead atoms. The van der Waals surface area contributed by atoms with Gasteiger partial charge < -0.3 is 5.11 Å². The van der Waals surface area contributed by atoms with Crippen LogP contribution in [0, 0.1) is 0 Å². The van der Waals surface area contributed by atoms with E-state index in [4.69, 9.17) is 28.3 Å². The molecule has 0 saturated carbocycles. The quantitative estimate of drug-likeness (QED) is 0.848. The van der Waals surface area contributed by atoms with Crippen LogP contribution in [-0.2, 0) is 0 Å². The van der Waals surface area contributed by atoms with Gasteiger partial charge in [-0.3, -0.25) is 9.69 Å². The fraction of sp³-hybridized carbons (Fsp3) is 0.462. The number of Topliss-reactive ketones (excluding diaryl/α,β-unsaturated/α-hetero) is 1. The van der Waals surface area contributed by atoms with Crippen LogP contribution in [0.25, 0.3) is 0 Å². The van der Waals surface area contributed by atoms with E-state index in [1.807, 2.05) is 11.8 Å². The maximum Gasteiger partial charge on any atom is 0.181 e. The van der Waals surface area contributed by atoms with Crippen molar-refractivity contribution >= 4 is 29.0 Å². The van der Waals surface area contributed by atoms with Crippen LogP contribution in [0.3, 0.4) is 0 Å². The average Bonchev–Trinajstić information content (AvgIpc) is 2.35. The molecular formula is C13H17Cl2NO2. The summed E-state index contributed by atoms with van der Waals surface area (Å²) >= 11 is 11.8. The van der Waals surface area contributed by atoms with Crippen LogP contribution in [0.2, 0.25) is 10.0 Å². The summed E-state index contributed by atoms with van der Waals surface area (Å²) < 4.78 is 0. The lowest BCUT2D eigenvalue weighted by Gasteiger charge is -2.28. The number of halogens is 2. The van der Waals surface area contributed by atoms with Gasteiger partial charge in [-0.05, 0) is 39.1 Å². The van der Waals surface area contributed by atoms with Gasteiger partial charge in [-0.1, -0.05) is 23.2 Å². The van der Waals surface area contributed by atoms with Crippen molar-refractivity contribution in [3.05, 3.63) is 33.8 Å². The van der Waals surface area contributed by atoms with Crippen molar-refractivity contribution in [2.45, 2.75) is 25.9 Å². The Bertz CT molecular complexity index is 437. The van der Waals surface area contributed by atoms with Gasteiger partial charge in [-0.2, -0.15) is 0 Å². The van der Waals surface area contributed by atoms with E-state index in [0.717, 1.165) is 0 Å². The molecule has 1 rings (SSSR count). The van der Waals surface area contributed by atoms with E-state index < -0.39 is 0 Å². The number of hydrogen-bond acceptors (Lipinski definition) is 3. The van der Waals surface area contributed by atoms with Crippen LogP contribution >= 0.6 is 23.2 Å². The predicted molar refractivity (Wildman–Crippen MR) is 74.6 cm³/mol. The van der Waals surface area contributed by atoms with Gasteiger partial charge in [-0.25, -0.2) is 0 Å². The van der Waals surface area contributed by atoms with Gasteiger partial charge in [-0.15, -0.1) is 0 Å². The SMILES string of the molecule is CC(CO)N(C)C(C)C(=O)c1ccc(Cl)cc1Cl. The number of nitrogens with zero attached hydrogens (tertiary/aromatic N) is 1. The van der Waals surface area contributed by atoms with Crippen molar-refractivity contribution in [2.75, 3.05) is 13.7 Å². The van der Waals surface area contributed by atoms with Gasteiger partial charge >= 0.3 is 0 Å². The molecule has 0 amide bonds. The molecule has 5 heteroatoms. The monoisotopic (exact) mass is 289 g/mol. The second-order valence-electron chi connectivity index (χ2n) is 4.36. The summed E-state index contributed by atoms with van der Waals surface area (Å²) in [4.78, 5) is 14.1. The average molecular weight is 290 g/mol. The van der Waals surface area contributed by atoms with Gasteiger partial charge in [0.15, 0.2) is 5.78 Å². The lowest BCUT2D eigenvalue weighted by molar-refractivity contribution is 0.0763. The first kappa shape index (κ1) is 15.4. The molecule has 0 aliphatic rings. The standard InChI is InChI=1S/C13H17Cl2NO2/c1-8(7-17)16(3)9(2)13(18)11-5-4-10(14)6-12(11)15/h4-6,8-9,17H,7H2,1-3H3. The normalized spacial score (nSPS) is 14.6. The number of aliphatic hydroxyl groups is 1. The lowest BCUT2D eigenvalue weighted by atomic mass is 10.0. The number of carbonyl (C=O) groups is 1. The largest absolute Gasteiger partial charge is 0.395 e. The zero-order valence-corrected chi connectivity index (χ0v) is 12.2. The van der Waals surface area contributed by atoms with Crippen molar-refractivity contribution < 1.29 is 9.90 Å². The fourth-order valence-electron chi connectivity index (χ4n) is 1.61. The van der Waals surface area contributed by atoms with Crippen LogP contribution < -0.4 is 0 Å². The Morgan fingerprint density at radius 3 is 2.50 bits per heavy atom. The van der Waals surface area contributed by atoms with Gasteiger partial charge in [0.25, 0.3) is 0 Å². The van der Waals surface area contributed by atoms with Crippen LogP contribution in [0.5, 0.6) is 0 Å². The number of rotatable bonds is 5. The Hall–Kier alpha value is -0.610. The van der Waals surface area contributed by atoms with Gasteiger partial charge in [0.1, 0.15) is 0 Å². The van der Waals surface area contributed by atoms with Crippen molar-refractivity contribution in [3.8, 4) is 0 Å². The summed E-state index contributed by atoms with van der Waals surface area (Å²) in [7, 11) is 1.80. The summed E-state index contributed by atoms with van der Waals surface area (Å²) in [5, 5.41) is 9.95. The minimum Gasteiger partial charge on any atom is -0.395 e. The Balaban J connectivity index is 2.93. The Labute approximate surface area is 117 Å². The van der Waals surface area contributed by atoms with E-state index in [1.165, 1.54) is 0 Å². The summed E-state index contributed by atoms with van der Waals surface area (Å²) in [5.41, 5.74) is 0.450. The van der Waals surface area contributed by atoms with Crippen LogP contribution in [0.1, 0.15) is 24.2 Å². The summed E-state index contributed by atoms with van der Waals surface area (Å²) in [6.07, 6.45) is 0. The molecule has 100 valence electrons. The number of hydrogen-bond donors (Lipinski definition) is 1. The molecule has 0 radical (unpaired) electrons. The molecule has 2 atom stereocenters. The van der Waals surface area contributed by atoms with Crippen molar-refractivity contribution in [2.24, 2.45) is 0 Å². The summed E-state index contributed by atoms with van der Waals surface area (Å²) in [6, 6.07) is 4.38. The molecule has 0 heterocycles. The van der Waals surface area contributed by atoms with Gasteiger partial charge in [0.05, 0.1) is 17.7 Å². The van der Waals surface area contributed by atoms with Crippen LogP contribution in [-0.4, -0.2) is 41.5 Å². The first-order valence-corrected chi connectivity index (χ1v) is 6.46. The molecule has 0 aromatic heterocycles. The number of aliphatic hydroxyl groups excluding tert-OH is 1. The van der Waals surface area contributed by atoms with Crippen LogP contribution in [0.4, 0.5) is 0 Å². The fourth-order valence-corrected chi connectivity index (χ4v) is 2.11. The van der Waals surface area contributed by atoms with Gasteiger partial charge in [0.2, 0.25) is 0 Å². The highest BCUT2D eigenvalue weighted by molar-refractivity contribution is 6.37. The van der Waals surface area contributed by atoms with Crippen molar-refractivity contribution in [3.63, 3.8) is 0 Å². The minimum atomic E-state index is -0.356. The Morgan fingerprint density at radius 2 is 2.00 bits per heavy atom.